The van der Waals surface area contributed by atoms with E-state index in [1.807, 2.05) is 24.3 Å². The fourth-order valence-corrected chi connectivity index (χ4v) is 4.37. The lowest BCUT2D eigenvalue weighted by atomic mass is 9.74. The number of benzene rings is 1. The second-order valence-electron chi connectivity index (χ2n) is 7.65. The van der Waals surface area contributed by atoms with E-state index in [4.69, 9.17) is 39.0 Å². The summed E-state index contributed by atoms with van der Waals surface area (Å²) in [5.74, 6) is -1.11. The van der Waals surface area contributed by atoms with Crippen LogP contribution in [0.2, 0.25) is 11.3 Å². The predicted octanol–water partition coefficient (Wildman–Crippen LogP) is 2.58. The van der Waals surface area contributed by atoms with E-state index in [1.165, 1.54) is 0 Å². The first-order valence-electron chi connectivity index (χ1n) is 9.73. The minimum atomic E-state index is -1.36. The summed E-state index contributed by atoms with van der Waals surface area (Å²) < 4.78 is 0. The van der Waals surface area contributed by atoms with E-state index in [9.17, 15) is 9.90 Å². The maximum Gasteiger partial charge on any atom is 0.451 e. The molecule has 0 amide bonds. The molecule has 0 saturated carbocycles. The molecule has 0 aliphatic carbocycles. The Hall–Kier alpha value is -0.825. The molecule has 2 atom stereocenters. The summed E-state index contributed by atoms with van der Waals surface area (Å²) in [7, 11) is -1.36. The van der Waals surface area contributed by atoms with Gasteiger partial charge < -0.3 is 20.9 Å². The van der Waals surface area contributed by atoms with Gasteiger partial charge >= 0.3 is 13.1 Å². The first kappa shape index (κ1) is 23.5. The van der Waals surface area contributed by atoms with Crippen molar-refractivity contribution in [3.63, 3.8) is 0 Å². The van der Waals surface area contributed by atoms with Crippen LogP contribution in [0.25, 0.3) is 0 Å². The van der Waals surface area contributed by atoms with Crippen molar-refractivity contribution in [2.24, 2.45) is 11.7 Å². The van der Waals surface area contributed by atoms with Gasteiger partial charge in [0.05, 0.1) is 5.50 Å². The van der Waals surface area contributed by atoms with Crippen LogP contribution in [0.15, 0.2) is 24.3 Å². The third-order valence-corrected chi connectivity index (χ3v) is 6.35. The molecule has 2 unspecified atom stereocenters. The largest absolute Gasteiger partial charge is 0.480 e. The number of piperidine rings is 1. The van der Waals surface area contributed by atoms with Gasteiger partial charge in [0.2, 0.25) is 0 Å². The molecular formula is C19H29BCl2N2O4. The number of hydrogen-bond donors (Lipinski definition) is 4. The molecule has 9 heteroatoms. The molecule has 28 heavy (non-hydrogen) atoms. The average molecular weight is 431 g/mol. The van der Waals surface area contributed by atoms with Crippen molar-refractivity contribution in [1.82, 2.24) is 4.90 Å². The molecule has 1 fully saturated rings. The maximum atomic E-state index is 11.9. The molecule has 1 aliphatic heterocycles. The van der Waals surface area contributed by atoms with Crippen molar-refractivity contribution < 1.29 is 19.9 Å². The number of carbonyl (C=O) groups is 1. The number of rotatable bonds is 10. The monoisotopic (exact) mass is 430 g/mol. The quantitative estimate of drug-likeness (QED) is 0.196. The summed E-state index contributed by atoms with van der Waals surface area (Å²) in [6.45, 7) is 1.40. The predicted molar refractivity (Wildman–Crippen MR) is 112 cm³/mol. The van der Waals surface area contributed by atoms with Crippen molar-refractivity contribution >= 4 is 36.3 Å². The van der Waals surface area contributed by atoms with Crippen LogP contribution < -0.4 is 5.73 Å². The number of aliphatic carboxylic acids is 1. The average Bonchev–Trinajstić information content (AvgIpc) is 2.66. The first-order chi connectivity index (χ1) is 13.2. The van der Waals surface area contributed by atoms with Crippen LogP contribution in [0.1, 0.15) is 37.7 Å². The second kappa shape index (κ2) is 10.8. The van der Waals surface area contributed by atoms with E-state index in [-0.39, 0.29) is 17.7 Å². The number of likely N-dealkylation sites (tertiary alicyclic amines) is 1. The van der Waals surface area contributed by atoms with Gasteiger partial charge in [-0.25, -0.2) is 0 Å². The van der Waals surface area contributed by atoms with E-state index >= 15 is 0 Å². The Morgan fingerprint density at radius 1 is 1.25 bits per heavy atom. The third-order valence-electron chi connectivity index (χ3n) is 5.67. The normalized spacial score (nSPS) is 19.2. The van der Waals surface area contributed by atoms with Gasteiger partial charge in [-0.3, -0.25) is 9.69 Å². The number of nitrogens with zero attached hydrogens (tertiary/aromatic N) is 1. The lowest BCUT2D eigenvalue weighted by molar-refractivity contribution is -0.147. The number of hydrogen-bond acceptors (Lipinski definition) is 5. The molecular weight excluding hydrogens is 402 g/mol. The molecule has 0 spiro atoms. The molecule has 0 bridgehead atoms. The highest BCUT2D eigenvalue weighted by Gasteiger charge is 2.43. The van der Waals surface area contributed by atoms with Gasteiger partial charge in [-0.05, 0) is 62.3 Å². The molecule has 1 heterocycles. The number of nitrogens with two attached hydrogens (primary N) is 1. The summed E-state index contributed by atoms with van der Waals surface area (Å²) in [4.78, 5) is 14.0. The van der Waals surface area contributed by atoms with Gasteiger partial charge in [-0.2, -0.15) is 0 Å². The molecule has 2 rings (SSSR count). The second-order valence-corrected chi connectivity index (χ2v) is 8.59. The topological polar surface area (TPSA) is 107 Å². The fraction of sp³-hybridized carbons (Fsp3) is 0.632. The summed E-state index contributed by atoms with van der Waals surface area (Å²) in [5.41, 5.74) is 5.96. The lowest BCUT2D eigenvalue weighted by Gasteiger charge is -2.41. The standard InChI is InChI=1S/C19H29BCl2N2O4/c21-16-5-3-14(4-6-16)13-17(22)24-11-7-15(8-12-24)19(23,18(25)26)9-1-2-10-20(27)28/h3-6,15,17,27-28H,1-2,7-13,23H2,(H,25,26). The van der Waals surface area contributed by atoms with Crippen LogP contribution >= 0.6 is 23.2 Å². The molecule has 0 aromatic heterocycles. The van der Waals surface area contributed by atoms with E-state index in [0.717, 1.165) is 5.56 Å². The highest BCUT2D eigenvalue weighted by atomic mass is 35.5. The van der Waals surface area contributed by atoms with Gasteiger partial charge in [-0.1, -0.05) is 36.6 Å². The van der Waals surface area contributed by atoms with Crippen LogP contribution in [0.5, 0.6) is 0 Å². The van der Waals surface area contributed by atoms with Gasteiger partial charge in [-0.15, -0.1) is 11.6 Å². The minimum absolute atomic E-state index is 0.125. The van der Waals surface area contributed by atoms with Gasteiger partial charge in [0.15, 0.2) is 0 Å². The fourth-order valence-electron chi connectivity index (χ4n) is 3.87. The van der Waals surface area contributed by atoms with Crippen LogP contribution in [0.3, 0.4) is 0 Å². The van der Waals surface area contributed by atoms with Crippen LogP contribution in [-0.4, -0.2) is 57.3 Å². The van der Waals surface area contributed by atoms with Gasteiger partial charge in [0.25, 0.3) is 0 Å². The highest BCUT2D eigenvalue weighted by Crippen LogP contribution is 2.32. The maximum absolute atomic E-state index is 11.9. The molecule has 1 aromatic carbocycles. The Balaban J connectivity index is 1.86. The zero-order chi connectivity index (χ0) is 20.7. The summed E-state index contributed by atoms with van der Waals surface area (Å²) in [6.07, 6.45) is 3.69. The van der Waals surface area contributed by atoms with E-state index < -0.39 is 18.6 Å². The van der Waals surface area contributed by atoms with E-state index in [1.54, 1.807) is 0 Å². The first-order valence-corrected chi connectivity index (χ1v) is 10.5. The summed E-state index contributed by atoms with van der Waals surface area (Å²) in [6, 6.07) is 7.61. The van der Waals surface area contributed by atoms with Crippen molar-refractivity contribution in [3.05, 3.63) is 34.9 Å². The molecule has 1 aromatic rings. The van der Waals surface area contributed by atoms with E-state index in [0.29, 0.717) is 56.6 Å². The van der Waals surface area contributed by atoms with Gasteiger partial charge in [0.1, 0.15) is 5.54 Å². The van der Waals surface area contributed by atoms with Crippen molar-refractivity contribution in [3.8, 4) is 0 Å². The van der Waals surface area contributed by atoms with Gasteiger partial charge in [0, 0.05) is 11.4 Å². The number of carboxylic acid groups (broad SMARTS) is 1. The van der Waals surface area contributed by atoms with Crippen LogP contribution in [0.4, 0.5) is 0 Å². The Labute approximate surface area is 176 Å². The number of halogens is 2. The SMILES string of the molecule is NC(CCCCB(O)O)(C(=O)O)C1CCN(C(Cl)Cc2ccc(Cl)cc2)CC1. The Morgan fingerprint density at radius 3 is 2.39 bits per heavy atom. The smallest absolute Gasteiger partial charge is 0.451 e. The Morgan fingerprint density at radius 2 is 1.86 bits per heavy atom. The molecule has 5 N–H and O–H groups in total. The molecule has 156 valence electrons. The highest BCUT2D eigenvalue weighted by molar-refractivity contribution is 6.40. The van der Waals surface area contributed by atoms with Crippen LogP contribution in [-0.2, 0) is 11.2 Å². The molecule has 6 nitrogen and oxygen atoms in total. The van der Waals surface area contributed by atoms with Crippen molar-refractivity contribution in [2.45, 2.75) is 55.9 Å². The number of carboxylic acids is 1. The zero-order valence-corrected chi connectivity index (χ0v) is 17.4. The number of unbranched alkanes of at least 4 members (excludes halogenated alkanes) is 1. The summed E-state index contributed by atoms with van der Waals surface area (Å²) >= 11 is 12.5. The third kappa shape index (κ3) is 6.61. The Bertz CT molecular complexity index is 627. The Kier molecular flexibility index (Phi) is 9.05. The van der Waals surface area contributed by atoms with Crippen LogP contribution in [0, 0.1) is 5.92 Å². The minimum Gasteiger partial charge on any atom is -0.480 e. The van der Waals surface area contributed by atoms with Crippen molar-refractivity contribution in [2.75, 3.05) is 13.1 Å². The molecule has 0 radical (unpaired) electrons. The van der Waals surface area contributed by atoms with E-state index in [2.05, 4.69) is 4.90 Å². The summed E-state index contributed by atoms with van der Waals surface area (Å²) in [5, 5.41) is 28.3. The zero-order valence-electron chi connectivity index (χ0n) is 15.9. The van der Waals surface area contributed by atoms with Crippen molar-refractivity contribution in [1.29, 1.82) is 0 Å². The lowest BCUT2D eigenvalue weighted by Crippen LogP contribution is -2.57. The molecule has 1 aliphatic rings. The molecule has 1 saturated heterocycles. The number of alkyl halides is 1.